The molecule has 8 heteroatoms. The molecule has 0 spiro atoms. The number of pyridine rings is 1. The van der Waals surface area contributed by atoms with Crippen LogP contribution in [0.5, 0.6) is 0 Å². The maximum absolute atomic E-state index is 13.0. The summed E-state index contributed by atoms with van der Waals surface area (Å²) in [4.78, 5) is 28.9. The van der Waals surface area contributed by atoms with Crippen molar-refractivity contribution in [2.24, 2.45) is 0 Å². The van der Waals surface area contributed by atoms with Crippen LogP contribution < -0.4 is 16.0 Å². The zero-order valence-electron chi connectivity index (χ0n) is 20.5. The Hall–Kier alpha value is -4.46. The molecular formula is C28H28N6O2. The van der Waals surface area contributed by atoms with Gasteiger partial charge in [-0.25, -0.2) is 9.48 Å². The number of rotatable bonds is 4. The van der Waals surface area contributed by atoms with Crippen LogP contribution in [0.4, 0.5) is 22.0 Å². The van der Waals surface area contributed by atoms with E-state index in [-0.39, 0.29) is 17.4 Å². The summed E-state index contributed by atoms with van der Waals surface area (Å²) in [5.74, 6) is 0.580. The molecule has 0 unspecified atom stereocenters. The Kier molecular flexibility index (Phi) is 6.01. The van der Waals surface area contributed by atoms with Crippen LogP contribution in [0.2, 0.25) is 0 Å². The number of aryl methyl sites for hydroxylation is 1. The summed E-state index contributed by atoms with van der Waals surface area (Å²) in [6.07, 6.45) is 4.63. The zero-order valence-corrected chi connectivity index (χ0v) is 20.5. The van der Waals surface area contributed by atoms with Gasteiger partial charge in [-0.2, -0.15) is 5.10 Å². The van der Waals surface area contributed by atoms with Crippen molar-refractivity contribution in [2.45, 2.75) is 39.0 Å². The van der Waals surface area contributed by atoms with Crippen molar-refractivity contribution in [1.29, 1.82) is 0 Å². The largest absolute Gasteiger partial charge is 0.326 e. The first-order chi connectivity index (χ1) is 17.3. The Labute approximate surface area is 209 Å². The maximum Gasteiger partial charge on any atom is 0.324 e. The number of amides is 3. The molecule has 2 aromatic heterocycles. The van der Waals surface area contributed by atoms with Crippen LogP contribution in [-0.4, -0.2) is 26.7 Å². The smallest absolute Gasteiger partial charge is 0.324 e. The van der Waals surface area contributed by atoms with Crippen LogP contribution in [0.25, 0.3) is 16.8 Å². The normalized spacial score (nSPS) is 13.0. The Balaban J connectivity index is 1.41. The second-order valence-electron chi connectivity index (χ2n) is 9.87. The van der Waals surface area contributed by atoms with Gasteiger partial charge in [0, 0.05) is 47.2 Å². The molecule has 0 atom stereocenters. The molecule has 3 N–H and O–H groups in total. The highest BCUT2D eigenvalue weighted by atomic mass is 16.2. The summed E-state index contributed by atoms with van der Waals surface area (Å²) in [7, 11) is 0. The predicted octanol–water partition coefficient (Wildman–Crippen LogP) is 5.76. The summed E-state index contributed by atoms with van der Waals surface area (Å²) in [5.41, 5.74) is 5.91. The van der Waals surface area contributed by atoms with Gasteiger partial charge in [-0.1, -0.05) is 39.0 Å². The summed E-state index contributed by atoms with van der Waals surface area (Å²) in [6, 6.07) is 18.8. The van der Waals surface area contributed by atoms with Gasteiger partial charge in [0.25, 0.3) is 0 Å². The Morgan fingerprint density at radius 3 is 2.58 bits per heavy atom. The number of urea groups is 1. The summed E-state index contributed by atoms with van der Waals surface area (Å²) in [5, 5.41) is 13.6. The van der Waals surface area contributed by atoms with Gasteiger partial charge >= 0.3 is 6.03 Å². The van der Waals surface area contributed by atoms with Gasteiger partial charge in [-0.3, -0.25) is 15.1 Å². The number of aromatic nitrogens is 3. The topological polar surface area (TPSA) is 101 Å². The Morgan fingerprint density at radius 2 is 1.81 bits per heavy atom. The highest BCUT2D eigenvalue weighted by Gasteiger charge is 2.23. The van der Waals surface area contributed by atoms with E-state index in [1.54, 1.807) is 17.1 Å². The van der Waals surface area contributed by atoms with Crippen molar-refractivity contribution in [3.05, 3.63) is 84.3 Å². The van der Waals surface area contributed by atoms with Gasteiger partial charge in [-0.15, -0.1) is 0 Å². The average Bonchev–Trinajstić information content (AvgIpc) is 3.28. The van der Waals surface area contributed by atoms with Crippen LogP contribution >= 0.6 is 0 Å². The molecule has 5 rings (SSSR count). The first-order valence-corrected chi connectivity index (χ1v) is 11.9. The molecule has 3 heterocycles. The molecule has 0 bridgehead atoms. The molecule has 0 saturated heterocycles. The second-order valence-corrected chi connectivity index (χ2v) is 9.87. The zero-order chi connectivity index (χ0) is 25.3. The Bertz CT molecular complexity index is 1440. The van der Waals surface area contributed by atoms with Gasteiger partial charge in [0.05, 0.1) is 11.4 Å². The first kappa shape index (κ1) is 23.3. The number of benzene rings is 2. The van der Waals surface area contributed by atoms with Gasteiger partial charge in [0.15, 0.2) is 0 Å². The molecule has 2 aromatic carbocycles. The third-order valence-corrected chi connectivity index (χ3v) is 6.06. The summed E-state index contributed by atoms with van der Waals surface area (Å²) in [6.45, 7) is 6.24. The minimum absolute atomic E-state index is 0.0241. The molecule has 1 aliphatic heterocycles. The second kappa shape index (κ2) is 9.30. The SMILES string of the molecule is CC(C)(C)c1cc(NC(=O)Nc2cccc(-c3cccnc3)c2)n(-c2ccc3c(c2)CCC(=O)N3)n1. The molecule has 4 aromatic rings. The molecule has 182 valence electrons. The maximum atomic E-state index is 13.0. The van der Waals surface area contributed by atoms with E-state index in [2.05, 4.69) is 41.7 Å². The number of carbonyl (C=O) groups excluding carboxylic acids is 2. The Morgan fingerprint density at radius 1 is 0.972 bits per heavy atom. The molecular weight excluding hydrogens is 452 g/mol. The number of carbonyl (C=O) groups is 2. The minimum atomic E-state index is -0.370. The van der Waals surface area contributed by atoms with E-state index in [4.69, 9.17) is 5.10 Å². The van der Waals surface area contributed by atoms with E-state index in [0.717, 1.165) is 33.8 Å². The number of hydrogen-bond acceptors (Lipinski definition) is 4. The van der Waals surface area contributed by atoms with Crippen molar-refractivity contribution >= 4 is 29.1 Å². The molecule has 0 aliphatic carbocycles. The molecule has 0 fully saturated rings. The number of nitrogens with one attached hydrogen (secondary N) is 3. The molecule has 0 saturated carbocycles. The van der Waals surface area contributed by atoms with E-state index < -0.39 is 0 Å². The predicted molar refractivity (Wildman–Crippen MR) is 142 cm³/mol. The molecule has 8 nitrogen and oxygen atoms in total. The van der Waals surface area contributed by atoms with Crippen molar-refractivity contribution in [3.8, 4) is 16.8 Å². The molecule has 0 radical (unpaired) electrons. The molecule has 1 aliphatic rings. The highest BCUT2D eigenvalue weighted by Crippen LogP contribution is 2.30. The van der Waals surface area contributed by atoms with Crippen LogP contribution in [0.15, 0.2) is 73.1 Å². The van der Waals surface area contributed by atoms with Gasteiger partial charge in [0.2, 0.25) is 5.91 Å². The fourth-order valence-corrected chi connectivity index (χ4v) is 4.12. The van der Waals surface area contributed by atoms with Crippen molar-refractivity contribution in [2.75, 3.05) is 16.0 Å². The van der Waals surface area contributed by atoms with E-state index in [9.17, 15) is 9.59 Å². The van der Waals surface area contributed by atoms with E-state index in [0.29, 0.717) is 24.3 Å². The third kappa shape index (κ3) is 4.98. The standard InChI is InChI=1S/C28H28N6O2/c1-28(2,3)24-16-25(34(33-24)22-10-11-23-19(15-22)9-12-26(35)31-23)32-27(36)30-21-8-4-6-18(14-21)20-7-5-13-29-17-20/h4-8,10-11,13-17H,9,12H2,1-3H3,(H,31,35)(H2,30,32,36). The fraction of sp³-hybridized carbons (Fsp3) is 0.214. The van der Waals surface area contributed by atoms with Crippen molar-refractivity contribution < 1.29 is 9.59 Å². The number of anilines is 3. The monoisotopic (exact) mass is 480 g/mol. The third-order valence-electron chi connectivity index (χ3n) is 6.06. The lowest BCUT2D eigenvalue weighted by Gasteiger charge is -2.18. The van der Waals surface area contributed by atoms with Crippen LogP contribution in [-0.2, 0) is 16.6 Å². The lowest BCUT2D eigenvalue weighted by molar-refractivity contribution is -0.116. The first-order valence-electron chi connectivity index (χ1n) is 11.9. The van der Waals surface area contributed by atoms with E-state index in [1.165, 1.54) is 0 Å². The number of hydrogen-bond donors (Lipinski definition) is 3. The van der Waals surface area contributed by atoms with Crippen LogP contribution in [0.3, 0.4) is 0 Å². The lowest BCUT2D eigenvalue weighted by Crippen LogP contribution is -2.22. The van der Waals surface area contributed by atoms with E-state index in [1.807, 2.05) is 60.7 Å². The molecule has 3 amide bonds. The van der Waals surface area contributed by atoms with Crippen LogP contribution in [0.1, 0.15) is 38.4 Å². The van der Waals surface area contributed by atoms with E-state index >= 15 is 0 Å². The lowest BCUT2D eigenvalue weighted by atomic mass is 9.92. The van der Waals surface area contributed by atoms with Gasteiger partial charge < -0.3 is 10.6 Å². The minimum Gasteiger partial charge on any atom is -0.326 e. The quantitative estimate of drug-likeness (QED) is 0.346. The number of fused-ring (bicyclic) bond motifs is 1. The molecule has 36 heavy (non-hydrogen) atoms. The summed E-state index contributed by atoms with van der Waals surface area (Å²) < 4.78 is 1.74. The number of nitrogens with zero attached hydrogens (tertiary/aromatic N) is 3. The van der Waals surface area contributed by atoms with Crippen molar-refractivity contribution in [1.82, 2.24) is 14.8 Å². The van der Waals surface area contributed by atoms with Crippen molar-refractivity contribution in [3.63, 3.8) is 0 Å². The average molecular weight is 481 g/mol. The van der Waals surface area contributed by atoms with Crippen LogP contribution in [0, 0.1) is 0 Å². The van der Waals surface area contributed by atoms with Gasteiger partial charge in [0.1, 0.15) is 5.82 Å². The highest BCUT2D eigenvalue weighted by molar-refractivity contribution is 6.00. The van der Waals surface area contributed by atoms with Gasteiger partial charge in [-0.05, 0) is 53.9 Å². The summed E-state index contributed by atoms with van der Waals surface area (Å²) >= 11 is 0. The fourth-order valence-electron chi connectivity index (χ4n) is 4.12.